The van der Waals surface area contributed by atoms with E-state index in [9.17, 15) is 14.4 Å². The number of aromatic nitrogens is 1. The lowest BCUT2D eigenvalue weighted by Gasteiger charge is -2.48. The maximum Gasteiger partial charge on any atom is 0.266 e. The van der Waals surface area contributed by atoms with E-state index in [1.54, 1.807) is 6.92 Å². The molecule has 138 valence electrons. The Hall–Kier alpha value is -2.62. The number of hydrogen-bond donors (Lipinski definition) is 1. The molecule has 2 aliphatic rings. The van der Waals surface area contributed by atoms with Crippen LogP contribution in [-0.4, -0.2) is 52.8 Å². The Kier molecular flexibility index (Phi) is 4.86. The SMILES string of the molecule is CCN1CC2(CCCN(C(=O)c3c[nH]c(=O)c(C#N)c3C)C2)CCC1=O. The zero-order valence-corrected chi connectivity index (χ0v) is 15.3. The van der Waals surface area contributed by atoms with E-state index in [0.717, 1.165) is 19.3 Å². The molecule has 1 aromatic rings. The lowest BCUT2D eigenvalue weighted by Crippen LogP contribution is -2.55. The molecule has 0 aromatic carbocycles. The first-order valence-corrected chi connectivity index (χ1v) is 9.10. The topological polar surface area (TPSA) is 97.3 Å². The fourth-order valence-corrected chi connectivity index (χ4v) is 4.26. The maximum atomic E-state index is 13.1. The second-order valence-corrected chi connectivity index (χ2v) is 7.38. The number of rotatable bonds is 2. The summed E-state index contributed by atoms with van der Waals surface area (Å²) in [6, 6.07) is 1.88. The van der Waals surface area contributed by atoms with Gasteiger partial charge < -0.3 is 14.8 Å². The molecule has 2 aliphatic heterocycles. The van der Waals surface area contributed by atoms with Crippen LogP contribution in [0.2, 0.25) is 0 Å². The number of nitriles is 1. The minimum Gasteiger partial charge on any atom is -0.342 e. The summed E-state index contributed by atoms with van der Waals surface area (Å²) in [4.78, 5) is 43.0. The second kappa shape index (κ2) is 6.94. The van der Waals surface area contributed by atoms with Crippen molar-refractivity contribution in [3.63, 3.8) is 0 Å². The molecule has 7 heteroatoms. The molecule has 0 radical (unpaired) electrons. The Labute approximate surface area is 152 Å². The highest BCUT2D eigenvalue weighted by Gasteiger charge is 2.42. The summed E-state index contributed by atoms with van der Waals surface area (Å²) in [5, 5.41) is 9.16. The lowest BCUT2D eigenvalue weighted by atomic mass is 9.73. The largest absolute Gasteiger partial charge is 0.342 e. The summed E-state index contributed by atoms with van der Waals surface area (Å²) in [7, 11) is 0. The third kappa shape index (κ3) is 3.12. The third-order valence-electron chi connectivity index (χ3n) is 5.77. The Morgan fingerprint density at radius 1 is 1.35 bits per heavy atom. The van der Waals surface area contributed by atoms with Gasteiger partial charge in [-0.15, -0.1) is 0 Å². The van der Waals surface area contributed by atoms with Gasteiger partial charge in [0.05, 0.1) is 5.56 Å². The molecule has 7 nitrogen and oxygen atoms in total. The molecule has 3 heterocycles. The molecule has 1 atom stereocenters. The normalized spacial score (nSPS) is 23.2. The highest BCUT2D eigenvalue weighted by atomic mass is 16.2. The molecule has 1 spiro atoms. The zero-order chi connectivity index (χ0) is 18.9. The average molecular weight is 356 g/mol. The number of carbonyl (C=O) groups excluding carboxylic acids is 2. The van der Waals surface area contributed by atoms with Crippen molar-refractivity contribution < 1.29 is 9.59 Å². The molecule has 1 N–H and O–H groups in total. The molecule has 2 amide bonds. The van der Waals surface area contributed by atoms with E-state index in [4.69, 9.17) is 5.26 Å². The van der Waals surface area contributed by atoms with E-state index in [1.165, 1.54) is 6.20 Å². The number of nitrogens with one attached hydrogen (secondary N) is 1. The molecular weight excluding hydrogens is 332 g/mol. The molecule has 2 fully saturated rings. The van der Waals surface area contributed by atoms with Gasteiger partial charge in [-0.2, -0.15) is 5.26 Å². The molecule has 26 heavy (non-hydrogen) atoms. The van der Waals surface area contributed by atoms with Gasteiger partial charge in [-0.05, 0) is 38.7 Å². The van der Waals surface area contributed by atoms with E-state index in [-0.39, 0.29) is 22.8 Å². The first-order valence-electron chi connectivity index (χ1n) is 9.10. The summed E-state index contributed by atoms with van der Waals surface area (Å²) < 4.78 is 0. The van der Waals surface area contributed by atoms with Crippen LogP contribution in [0.1, 0.15) is 54.1 Å². The van der Waals surface area contributed by atoms with Crippen LogP contribution in [-0.2, 0) is 4.79 Å². The number of H-pyrrole nitrogens is 1. The third-order valence-corrected chi connectivity index (χ3v) is 5.77. The van der Waals surface area contributed by atoms with Gasteiger partial charge in [0.15, 0.2) is 0 Å². The van der Waals surface area contributed by atoms with Crippen molar-refractivity contribution in [3.8, 4) is 6.07 Å². The smallest absolute Gasteiger partial charge is 0.266 e. The van der Waals surface area contributed by atoms with Crippen molar-refractivity contribution in [2.45, 2.75) is 39.5 Å². The lowest BCUT2D eigenvalue weighted by molar-refractivity contribution is -0.138. The Bertz CT molecular complexity index is 838. The van der Waals surface area contributed by atoms with Gasteiger partial charge in [-0.1, -0.05) is 0 Å². The van der Waals surface area contributed by atoms with Crippen LogP contribution in [0, 0.1) is 23.7 Å². The predicted molar refractivity (Wildman–Crippen MR) is 95.6 cm³/mol. The fourth-order valence-electron chi connectivity index (χ4n) is 4.26. The molecule has 3 rings (SSSR count). The van der Waals surface area contributed by atoms with Gasteiger partial charge in [-0.25, -0.2) is 0 Å². The number of likely N-dealkylation sites (tertiary alicyclic amines) is 2. The van der Waals surface area contributed by atoms with Crippen LogP contribution >= 0.6 is 0 Å². The van der Waals surface area contributed by atoms with Gasteiger partial charge in [0.1, 0.15) is 11.6 Å². The molecule has 0 aliphatic carbocycles. The van der Waals surface area contributed by atoms with Gasteiger partial charge >= 0.3 is 0 Å². The van der Waals surface area contributed by atoms with Crippen molar-refractivity contribution >= 4 is 11.8 Å². The van der Waals surface area contributed by atoms with Crippen LogP contribution in [0.15, 0.2) is 11.0 Å². The highest BCUT2D eigenvalue weighted by Crippen LogP contribution is 2.39. The van der Waals surface area contributed by atoms with Gasteiger partial charge in [0.25, 0.3) is 11.5 Å². The number of nitrogens with zero attached hydrogens (tertiary/aromatic N) is 3. The first-order chi connectivity index (χ1) is 12.4. The summed E-state index contributed by atoms with van der Waals surface area (Å²) in [6.07, 6.45) is 4.65. The van der Waals surface area contributed by atoms with E-state index in [1.807, 2.05) is 22.8 Å². The molecule has 0 saturated carbocycles. The summed E-state index contributed by atoms with van der Waals surface area (Å²) in [6.45, 7) is 6.27. The van der Waals surface area contributed by atoms with E-state index in [0.29, 0.717) is 43.7 Å². The second-order valence-electron chi connectivity index (χ2n) is 7.38. The minimum atomic E-state index is -0.471. The number of piperidine rings is 2. The van der Waals surface area contributed by atoms with Gasteiger partial charge in [0.2, 0.25) is 5.91 Å². The zero-order valence-electron chi connectivity index (χ0n) is 15.3. The molecule has 1 unspecified atom stereocenters. The number of carbonyl (C=O) groups is 2. The van der Waals surface area contributed by atoms with E-state index < -0.39 is 5.56 Å². The van der Waals surface area contributed by atoms with Crippen molar-refractivity contribution in [1.82, 2.24) is 14.8 Å². The number of aromatic amines is 1. The van der Waals surface area contributed by atoms with E-state index in [2.05, 4.69) is 4.98 Å². The van der Waals surface area contributed by atoms with Crippen LogP contribution in [0.4, 0.5) is 0 Å². The summed E-state index contributed by atoms with van der Waals surface area (Å²) >= 11 is 0. The van der Waals surface area contributed by atoms with Crippen molar-refractivity contribution in [3.05, 3.63) is 33.2 Å². The molecule has 2 saturated heterocycles. The predicted octanol–water partition coefficient (Wildman–Crippen LogP) is 1.42. The number of pyridine rings is 1. The Balaban J connectivity index is 1.84. The quantitative estimate of drug-likeness (QED) is 0.866. The average Bonchev–Trinajstić information content (AvgIpc) is 2.64. The molecule has 1 aromatic heterocycles. The summed E-state index contributed by atoms with van der Waals surface area (Å²) in [5.41, 5.74) is 0.266. The van der Waals surface area contributed by atoms with E-state index >= 15 is 0 Å². The first kappa shape index (κ1) is 18.2. The molecular formula is C19H24N4O3. The minimum absolute atomic E-state index is 0.0111. The van der Waals surface area contributed by atoms with Crippen LogP contribution in [0.25, 0.3) is 0 Å². The van der Waals surface area contributed by atoms with Crippen LogP contribution < -0.4 is 5.56 Å². The van der Waals surface area contributed by atoms with Crippen LogP contribution in [0.3, 0.4) is 0 Å². The summed E-state index contributed by atoms with van der Waals surface area (Å²) in [5.74, 6) is 0.0333. The monoisotopic (exact) mass is 356 g/mol. The Morgan fingerprint density at radius 2 is 2.12 bits per heavy atom. The van der Waals surface area contributed by atoms with Crippen molar-refractivity contribution in [2.24, 2.45) is 5.41 Å². The van der Waals surface area contributed by atoms with Gasteiger partial charge in [-0.3, -0.25) is 14.4 Å². The number of amides is 2. The number of hydrogen-bond acceptors (Lipinski definition) is 4. The maximum absolute atomic E-state index is 13.1. The standard InChI is InChI=1S/C19H24N4O3/c1-3-22-11-19(7-5-16(22)24)6-4-8-23(12-19)18(26)15-10-21-17(25)14(9-20)13(15)2/h10H,3-8,11-12H2,1-2H3,(H,21,25). The highest BCUT2D eigenvalue weighted by molar-refractivity contribution is 5.96. The van der Waals surface area contributed by atoms with Crippen molar-refractivity contribution in [1.29, 1.82) is 5.26 Å². The van der Waals surface area contributed by atoms with Crippen molar-refractivity contribution in [2.75, 3.05) is 26.2 Å². The fraction of sp³-hybridized carbons (Fsp3) is 0.579. The van der Waals surface area contributed by atoms with Crippen LogP contribution in [0.5, 0.6) is 0 Å². The molecule has 0 bridgehead atoms. The Morgan fingerprint density at radius 3 is 2.81 bits per heavy atom. The van der Waals surface area contributed by atoms with Gasteiger partial charge in [0, 0.05) is 44.2 Å².